The first-order chi connectivity index (χ1) is 11.1. The van der Waals surface area contributed by atoms with E-state index in [0.29, 0.717) is 13.0 Å². The number of amides is 1. The van der Waals surface area contributed by atoms with Gasteiger partial charge < -0.3 is 20.1 Å². The standard InChI is InChI=1S/C16H22F2N2O3.ClH/c1-22-13-3-2-11(10-14(13)23-16(17)18)4-9-20-15(21)12-5-7-19-8-6-12;/h2-3,10,12,16,19H,4-9H2,1H3,(H,20,21);1H. The molecule has 1 aliphatic heterocycles. The van der Waals surface area contributed by atoms with Gasteiger partial charge in [-0.1, -0.05) is 6.07 Å². The minimum Gasteiger partial charge on any atom is -0.493 e. The Hall–Kier alpha value is -1.60. The maximum Gasteiger partial charge on any atom is 0.387 e. The molecule has 2 N–H and O–H groups in total. The van der Waals surface area contributed by atoms with Crippen LogP contribution >= 0.6 is 12.4 Å². The molecule has 5 nitrogen and oxygen atoms in total. The van der Waals surface area contributed by atoms with Gasteiger partial charge in [-0.2, -0.15) is 8.78 Å². The zero-order chi connectivity index (χ0) is 16.7. The number of benzene rings is 1. The van der Waals surface area contributed by atoms with Crippen LogP contribution in [0.25, 0.3) is 0 Å². The number of rotatable bonds is 7. The molecule has 0 radical (unpaired) electrons. The van der Waals surface area contributed by atoms with E-state index >= 15 is 0 Å². The molecule has 8 heteroatoms. The van der Waals surface area contributed by atoms with Crippen molar-refractivity contribution in [1.29, 1.82) is 0 Å². The van der Waals surface area contributed by atoms with E-state index in [-0.39, 0.29) is 35.7 Å². The summed E-state index contributed by atoms with van der Waals surface area (Å²) in [5.41, 5.74) is 0.798. The average Bonchev–Trinajstić information content (AvgIpc) is 2.55. The lowest BCUT2D eigenvalue weighted by atomic mass is 9.97. The topological polar surface area (TPSA) is 59.6 Å². The van der Waals surface area contributed by atoms with Crippen LogP contribution in [0.2, 0.25) is 0 Å². The largest absolute Gasteiger partial charge is 0.493 e. The normalized spacial score (nSPS) is 14.8. The van der Waals surface area contributed by atoms with Crippen LogP contribution in [0, 0.1) is 5.92 Å². The van der Waals surface area contributed by atoms with Crippen LogP contribution in [-0.4, -0.2) is 39.3 Å². The minimum atomic E-state index is -2.90. The smallest absolute Gasteiger partial charge is 0.387 e. The first-order valence-corrected chi connectivity index (χ1v) is 7.70. The van der Waals surface area contributed by atoms with Crippen LogP contribution in [0.1, 0.15) is 18.4 Å². The van der Waals surface area contributed by atoms with Crippen LogP contribution in [-0.2, 0) is 11.2 Å². The predicted octanol–water partition coefficient (Wildman–Crippen LogP) is 2.38. The first kappa shape index (κ1) is 20.4. The lowest BCUT2D eigenvalue weighted by Crippen LogP contribution is -2.38. The molecule has 1 fully saturated rings. The molecule has 0 spiro atoms. The Morgan fingerprint density at radius 1 is 1.33 bits per heavy atom. The maximum absolute atomic E-state index is 12.4. The second-order valence-electron chi connectivity index (χ2n) is 5.43. The highest BCUT2D eigenvalue weighted by Gasteiger charge is 2.20. The monoisotopic (exact) mass is 364 g/mol. The number of carbonyl (C=O) groups is 1. The predicted molar refractivity (Wildman–Crippen MR) is 89.2 cm³/mol. The van der Waals surface area contributed by atoms with E-state index in [4.69, 9.17) is 4.74 Å². The summed E-state index contributed by atoms with van der Waals surface area (Å²) in [5, 5.41) is 6.12. The molecule has 24 heavy (non-hydrogen) atoms. The molecule has 0 unspecified atom stereocenters. The molecule has 0 saturated carbocycles. The number of piperidine rings is 1. The fourth-order valence-electron chi connectivity index (χ4n) is 2.62. The van der Waals surface area contributed by atoms with E-state index in [0.717, 1.165) is 31.5 Å². The molecule has 136 valence electrons. The summed E-state index contributed by atoms with van der Waals surface area (Å²) in [6, 6.07) is 4.87. The van der Waals surface area contributed by atoms with Crippen molar-refractivity contribution in [2.24, 2.45) is 5.92 Å². The number of ether oxygens (including phenoxy) is 2. The van der Waals surface area contributed by atoms with Gasteiger partial charge in [-0.3, -0.25) is 4.79 Å². The highest BCUT2D eigenvalue weighted by Crippen LogP contribution is 2.29. The average molecular weight is 365 g/mol. The molecule has 0 atom stereocenters. The van der Waals surface area contributed by atoms with Crippen LogP contribution in [0.5, 0.6) is 11.5 Å². The second kappa shape index (κ2) is 10.3. The zero-order valence-corrected chi connectivity index (χ0v) is 14.3. The summed E-state index contributed by atoms with van der Waals surface area (Å²) in [4.78, 5) is 12.0. The Labute approximate surface area is 146 Å². The molecule has 0 aromatic heterocycles. The molecule has 1 aliphatic rings. The lowest BCUT2D eigenvalue weighted by molar-refractivity contribution is -0.125. The van der Waals surface area contributed by atoms with Gasteiger partial charge >= 0.3 is 6.61 Å². The van der Waals surface area contributed by atoms with E-state index in [2.05, 4.69) is 15.4 Å². The number of nitrogens with one attached hydrogen (secondary N) is 2. The van der Waals surface area contributed by atoms with Crippen molar-refractivity contribution in [1.82, 2.24) is 10.6 Å². The summed E-state index contributed by atoms with van der Waals surface area (Å²) in [6.45, 7) is -0.710. The highest BCUT2D eigenvalue weighted by atomic mass is 35.5. The van der Waals surface area contributed by atoms with Crippen LogP contribution in [0.4, 0.5) is 8.78 Å². The summed E-state index contributed by atoms with van der Waals surface area (Å²) in [5.74, 6) is 0.381. The van der Waals surface area contributed by atoms with Crippen LogP contribution in [0.3, 0.4) is 0 Å². The van der Waals surface area contributed by atoms with Gasteiger partial charge in [-0.15, -0.1) is 12.4 Å². The number of carbonyl (C=O) groups excluding carboxylic acids is 1. The van der Waals surface area contributed by atoms with E-state index in [1.54, 1.807) is 12.1 Å². The van der Waals surface area contributed by atoms with Crippen molar-refractivity contribution in [3.8, 4) is 11.5 Å². The summed E-state index contributed by atoms with van der Waals surface area (Å²) >= 11 is 0. The SMILES string of the molecule is COc1ccc(CCNC(=O)C2CCNCC2)cc1OC(F)F.Cl. The molecule has 1 saturated heterocycles. The molecular weight excluding hydrogens is 342 g/mol. The number of hydrogen-bond acceptors (Lipinski definition) is 4. The summed E-state index contributed by atoms with van der Waals surface area (Å²) in [6.07, 6.45) is 2.24. The van der Waals surface area contributed by atoms with Crippen LogP contribution < -0.4 is 20.1 Å². The minimum absolute atomic E-state index is 0. The summed E-state index contributed by atoms with van der Waals surface area (Å²) < 4.78 is 34.2. The zero-order valence-electron chi connectivity index (χ0n) is 13.5. The molecule has 0 bridgehead atoms. The molecule has 2 rings (SSSR count). The maximum atomic E-state index is 12.4. The number of methoxy groups -OCH3 is 1. The van der Waals surface area contributed by atoms with E-state index in [1.807, 2.05) is 0 Å². The van der Waals surface area contributed by atoms with E-state index < -0.39 is 6.61 Å². The molecule has 1 amide bonds. The second-order valence-corrected chi connectivity index (χ2v) is 5.43. The van der Waals surface area contributed by atoms with Crippen molar-refractivity contribution in [3.63, 3.8) is 0 Å². The van der Waals surface area contributed by atoms with E-state index in [9.17, 15) is 13.6 Å². The third kappa shape index (κ3) is 6.13. The fourth-order valence-corrected chi connectivity index (χ4v) is 2.62. The fraction of sp³-hybridized carbons (Fsp3) is 0.562. The third-order valence-electron chi connectivity index (χ3n) is 3.87. The van der Waals surface area contributed by atoms with Gasteiger partial charge in [0.2, 0.25) is 5.91 Å². The van der Waals surface area contributed by atoms with Crippen molar-refractivity contribution < 1.29 is 23.0 Å². The molecule has 1 aromatic rings. The Bertz CT molecular complexity index is 526. The van der Waals surface area contributed by atoms with Gasteiger partial charge in [0, 0.05) is 12.5 Å². The van der Waals surface area contributed by atoms with Gasteiger partial charge in [0.25, 0.3) is 0 Å². The molecule has 0 aliphatic carbocycles. The van der Waals surface area contributed by atoms with Gasteiger partial charge in [0.05, 0.1) is 7.11 Å². The Morgan fingerprint density at radius 2 is 2.04 bits per heavy atom. The molecule has 1 heterocycles. The number of alkyl halides is 2. The Morgan fingerprint density at radius 3 is 2.67 bits per heavy atom. The molecule has 1 aromatic carbocycles. The Kier molecular flexibility index (Phi) is 8.78. The Balaban J connectivity index is 0.00000288. The van der Waals surface area contributed by atoms with Crippen molar-refractivity contribution in [2.45, 2.75) is 25.9 Å². The lowest BCUT2D eigenvalue weighted by Gasteiger charge is -2.21. The van der Waals surface area contributed by atoms with E-state index in [1.165, 1.54) is 13.2 Å². The highest BCUT2D eigenvalue weighted by molar-refractivity contribution is 5.85. The number of hydrogen-bond donors (Lipinski definition) is 2. The van der Waals surface area contributed by atoms with Gasteiger partial charge in [-0.05, 0) is 50.0 Å². The first-order valence-electron chi connectivity index (χ1n) is 7.70. The summed E-state index contributed by atoms with van der Waals surface area (Å²) in [7, 11) is 1.40. The van der Waals surface area contributed by atoms with Crippen molar-refractivity contribution in [2.75, 3.05) is 26.7 Å². The number of halogens is 3. The van der Waals surface area contributed by atoms with Crippen LogP contribution in [0.15, 0.2) is 18.2 Å². The van der Waals surface area contributed by atoms with Gasteiger partial charge in [-0.25, -0.2) is 0 Å². The quantitative estimate of drug-likeness (QED) is 0.780. The third-order valence-corrected chi connectivity index (χ3v) is 3.87. The van der Waals surface area contributed by atoms with Crippen molar-refractivity contribution in [3.05, 3.63) is 23.8 Å². The molecular formula is C16H23ClF2N2O3. The van der Waals surface area contributed by atoms with Gasteiger partial charge in [0.1, 0.15) is 0 Å². The van der Waals surface area contributed by atoms with Crippen molar-refractivity contribution >= 4 is 18.3 Å². The van der Waals surface area contributed by atoms with Gasteiger partial charge in [0.15, 0.2) is 11.5 Å².